The van der Waals surface area contributed by atoms with E-state index in [0.29, 0.717) is 74.5 Å². The van der Waals surface area contributed by atoms with Crippen LogP contribution in [0, 0.1) is 70.0 Å². The molecule has 0 aromatic carbocycles. The Morgan fingerprint density at radius 1 is 1.02 bits per heavy atom. The molecule has 6 aliphatic carbocycles. The zero-order valence-corrected chi connectivity index (χ0v) is 32.7. The highest BCUT2D eigenvalue weighted by molar-refractivity contribution is 7.91. The predicted molar refractivity (Wildman–Crippen MR) is 199 cm³/mol. The standard InChI is InChI=1S/C42H62N2O6S/c1-24(2)36-35(45)23-29-30(39(46)43-15-16-44-17-19-51(49,50)20-18-44)22-34-28(38(29)36)11-12-32-37-25(3)21-33(26-7-9-27(10-8-26)40(47)48)41(4,5)31(37)13-14-42(32,34)6/h7,21,24-25,27-32,34,37H,8-20,22-23H2,1-6H3,(H,43,46)(H,47,48)/t25-,27?,28+,29?,30+,31-,32-,34-,37?,42-/m1/s1. The number of carbonyl (C=O) groups is 3. The molecule has 0 spiro atoms. The van der Waals surface area contributed by atoms with Crippen LogP contribution in [0.2, 0.25) is 0 Å². The van der Waals surface area contributed by atoms with Gasteiger partial charge in [0.1, 0.15) is 0 Å². The molecule has 7 aliphatic rings. The number of carbonyl (C=O) groups excluding carboxylic acids is 2. The van der Waals surface area contributed by atoms with Crippen LogP contribution in [0.15, 0.2) is 34.4 Å². The van der Waals surface area contributed by atoms with Gasteiger partial charge in [-0.3, -0.25) is 19.3 Å². The molecule has 0 aromatic rings. The molecule has 7 rings (SSSR count). The van der Waals surface area contributed by atoms with E-state index in [-0.39, 0.29) is 57.7 Å². The highest BCUT2D eigenvalue weighted by Gasteiger charge is 2.62. The fourth-order valence-electron chi connectivity index (χ4n) is 13.0. The molecule has 0 bridgehead atoms. The Kier molecular flexibility index (Phi) is 9.85. The van der Waals surface area contributed by atoms with E-state index < -0.39 is 15.8 Å². The Morgan fingerprint density at radius 2 is 1.75 bits per heavy atom. The maximum absolute atomic E-state index is 14.2. The van der Waals surface area contributed by atoms with Crippen molar-refractivity contribution in [1.29, 1.82) is 0 Å². The van der Waals surface area contributed by atoms with Crippen LogP contribution in [0.25, 0.3) is 0 Å². The molecule has 8 nitrogen and oxygen atoms in total. The van der Waals surface area contributed by atoms with Crippen molar-refractivity contribution in [2.45, 2.75) is 99.3 Å². The number of nitrogens with zero attached hydrogens (tertiary/aromatic N) is 1. The number of amides is 1. The van der Waals surface area contributed by atoms with Crippen molar-refractivity contribution in [1.82, 2.24) is 10.2 Å². The minimum absolute atomic E-state index is 0.00436. The Balaban J connectivity index is 1.15. The van der Waals surface area contributed by atoms with Crippen molar-refractivity contribution < 1.29 is 27.9 Å². The van der Waals surface area contributed by atoms with Crippen molar-refractivity contribution in [2.75, 3.05) is 37.7 Å². The van der Waals surface area contributed by atoms with Crippen LogP contribution in [0.4, 0.5) is 0 Å². The van der Waals surface area contributed by atoms with E-state index in [1.807, 2.05) is 0 Å². The van der Waals surface area contributed by atoms with Crippen LogP contribution < -0.4 is 5.32 Å². The average Bonchev–Trinajstić information content (AvgIpc) is 3.43. The second-order valence-corrected chi connectivity index (χ2v) is 21.0. The molecule has 2 N–H and O–H groups in total. The normalized spacial score (nSPS) is 40.4. The van der Waals surface area contributed by atoms with E-state index in [9.17, 15) is 27.9 Å². The van der Waals surface area contributed by atoms with Crippen molar-refractivity contribution in [3.63, 3.8) is 0 Å². The molecule has 3 saturated carbocycles. The van der Waals surface area contributed by atoms with Gasteiger partial charge in [-0.05, 0) is 126 Å². The summed E-state index contributed by atoms with van der Waals surface area (Å²) in [6.45, 7) is 16.3. The summed E-state index contributed by atoms with van der Waals surface area (Å²) in [5.74, 6) is 2.50. The van der Waals surface area contributed by atoms with Gasteiger partial charge in [-0.1, -0.05) is 59.3 Å². The van der Waals surface area contributed by atoms with Gasteiger partial charge in [0.15, 0.2) is 15.6 Å². The molecule has 4 fully saturated rings. The van der Waals surface area contributed by atoms with E-state index in [1.165, 1.54) is 23.1 Å². The summed E-state index contributed by atoms with van der Waals surface area (Å²) in [6.07, 6.45) is 12.8. The fraction of sp³-hybridized carbons (Fsp3) is 0.786. The number of sulfone groups is 1. The summed E-state index contributed by atoms with van der Waals surface area (Å²) < 4.78 is 23.8. The Morgan fingerprint density at radius 3 is 2.39 bits per heavy atom. The lowest BCUT2D eigenvalue weighted by atomic mass is 9.40. The van der Waals surface area contributed by atoms with Gasteiger partial charge in [-0.25, -0.2) is 8.42 Å². The molecule has 9 heteroatoms. The molecule has 3 unspecified atom stereocenters. The fourth-order valence-corrected chi connectivity index (χ4v) is 14.3. The molecule has 1 aliphatic heterocycles. The lowest BCUT2D eigenvalue weighted by molar-refractivity contribution is -0.142. The first kappa shape index (κ1) is 37.1. The van der Waals surface area contributed by atoms with Gasteiger partial charge in [0.25, 0.3) is 0 Å². The lowest BCUT2D eigenvalue weighted by Gasteiger charge is -2.65. The molecule has 282 valence electrons. The number of fused-ring (bicyclic) bond motifs is 7. The Hall–Kier alpha value is -2.26. The van der Waals surface area contributed by atoms with E-state index >= 15 is 0 Å². The van der Waals surface area contributed by atoms with Crippen LogP contribution in [0.3, 0.4) is 0 Å². The molecule has 1 heterocycles. The first-order valence-corrected chi connectivity index (χ1v) is 22.0. The first-order chi connectivity index (χ1) is 24.0. The molecule has 1 saturated heterocycles. The molecule has 51 heavy (non-hydrogen) atoms. The maximum Gasteiger partial charge on any atom is 0.306 e. The van der Waals surface area contributed by atoms with E-state index in [1.54, 1.807) is 0 Å². The number of allylic oxidation sites excluding steroid dienone is 6. The molecule has 10 atom stereocenters. The SMILES string of the molecule is CC(C)C1=C2C(CC1=O)[C@@H](C(=O)NCCN1CCS(=O)(=O)CC1)C[C@@H]1[C@@H]2CC[C@@H]2C3[C@H](C)C=C(C4=CCC(C(=O)O)CC4)C(C)(C)[C@@H]3CC[C@]21C. The van der Waals surface area contributed by atoms with Crippen LogP contribution in [-0.4, -0.2) is 73.8 Å². The summed E-state index contributed by atoms with van der Waals surface area (Å²) in [7, 11) is -2.95. The number of Topliss-reactive ketones (excluding diaryl/α,β-unsaturated/α-hetero) is 1. The van der Waals surface area contributed by atoms with Gasteiger partial charge in [0, 0.05) is 38.5 Å². The largest absolute Gasteiger partial charge is 0.481 e. The van der Waals surface area contributed by atoms with Gasteiger partial charge < -0.3 is 10.4 Å². The Labute approximate surface area is 306 Å². The minimum Gasteiger partial charge on any atom is -0.481 e. The topological polar surface area (TPSA) is 121 Å². The number of aliphatic carboxylic acids is 1. The zero-order valence-electron chi connectivity index (χ0n) is 31.9. The zero-order chi connectivity index (χ0) is 36.6. The molecular weight excluding hydrogens is 661 g/mol. The second-order valence-electron chi connectivity index (χ2n) is 18.7. The first-order valence-electron chi connectivity index (χ1n) is 20.2. The lowest BCUT2D eigenvalue weighted by Crippen LogP contribution is -2.58. The molecule has 1 amide bonds. The van der Waals surface area contributed by atoms with Crippen molar-refractivity contribution in [2.24, 2.45) is 70.0 Å². The summed E-state index contributed by atoms with van der Waals surface area (Å²) in [5.41, 5.74) is 5.28. The molecule has 0 aromatic heterocycles. The highest BCUT2D eigenvalue weighted by Crippen LogP contribution is 2.69. The van der Waals surface area contributed by atoms with Crippen molar-refractivity contribution >= 4 is 27.5 Å². The van der Waals surface area contributed by atoms with Gasteiger partial charge in [-0.2, -0.15) is 0 Å². The minimum atomic E-state index is -2.95. The molecular formula is C42H62N2O6S. The van der Waals surface area contributed by atoms with E-state index in [2.05, 4.69) is 63.9 Å². The number of nitrogens with one attached hydrogen (secondary N) is 1. The number of carboxylic acids is 1. The van der Waals surface area contributed by atoms with Crippen molar-refractivity contribution in [3.05, 3.63) is 34.4 Å². The van der Waals surface area contributed by atoms with Crippen LogP contribution in [-0.2, 0) is 24.2 Å². The maximum atomic E-state index is 14.2. The quantitative estimate of drug-likeness (QED) is 0.309. The second kappa shape index (κ2) is 13.5. The van der Waals surface area contributed by atoms with Crippen LogP contribution in [0.5, 0.6) is 0 Å². The predicted octanol–water partition coefficient (Wildman–Crippen LogP) is 6.48. The summed E-state index contributed by atoms with van der Waals surface area (Å²) in [6, 6.07) is 0. The van der Waals surface area contributed by atoms with Gasteiger partial charge in [0.2, 0.25) is 5.91 Å². The molecule has 0 radical (unpaired) electrons. The summed E-state index contributed by atoms with van der Waals surface area (Å²) in [5, 5.41) is 12.9. The van der Waals surface area contributed by atoms with Crippen molar-refractivity contribution in [3.8, 4) is 0 Å². The number of hydrogen-bond donors (Lipinski definition) is 2. The van der Waals surface area contributed by atoms with Crippen LogP contribution in [0.1, 0.15) is 99.3 Å². The number of rotatable bonds is 7. The van der Waals surface area contributed by atoms with Crippen LogP contribution >= 0.6 is 0 Å². The number of hydrogen-bond acceptors (Lipinski definition) is 6. The highest BCUT2D eigenvalue weighted by atomic mass is 32.2. The van der Waals surface area contributed by atoms with Gasteiger partial charge in [-0.15, -0.1) is 0 Å². The monoisotopic (exact) mass is 722 g/mol. The third-order valence-electron chi connectivity index (χ3n) is 15.5. The number of carboxylic acid groups (broad SMARTS) is 1. The smallest absolute Gasteiger partial charge is 0.306 e. The summed E-state index contributed by atoms with van der Waals surface area (Å²) in [4.78, 5) is 41.7. The van der Waals surface area contributed by atoms with E-state index in [0.717, 1.165) is 44.1 Å². The number of ketones is 1. The van der Waals surface area contributed by atoms with Gasteiger partial charge in [0.05, 0.1) is 17.4 Å². The third kappa shape index (κ3) is 6.42. The van der Waals surface area contributed by atoms with E-state index in [4.69, 9.17) is 0 Å². The average molecular weight is 723 g/mol. The summed E-state index contributed by atoms with van der Waals surface area (Å²) >= 11 is 0. The third-order valence-corrected chi connectivity index (χ3v) is 17.2. The Bertz CT molecular complexity index is 1640. The van der Waals surface area contributed by atoms with Gasteiger partial charge >= 0.3 is 5.97 Å².